The van der Waals surface area contributed by atoms with E-state index in [4.69, 9.17) is 5.73 Å². The zero-order valence-electron chi connectivity index (χ0n) is 15.0. The molecule has 1 aliphatic carbocycles. The van der Waals surface area contributed by atoms with Crippen LogP contribution in [0.25, 0.3) is 0 Å². The van der Waals surface area contributed by atoms with E-state index in [0.29, 0.717) is 19.0 Å². The van der Waals surface area contributed by atoms with E-state index in [-0.39, 0.29) is 16.1 Å². The normalized spacial score (nSPS) is 27.7. The Morgan fingerprint density at radius 2 is 1.83 bits per heavy atom. The summed E-state index contributed by atoms with van der Waals surface area (Å²) in [6.07, 6.45) is 3.53. The van der Waals surface area contributed by atoms with Crippen molar-refractivity contribution in [1.82, 2.24) is 0 Å². The van der Waals surface area contributed by atoms with Gasteiger partial charge in [0.05, 0.1) is 24.5 Å². The van der Waals surface area contributed by atoms with Gasteiger partial charge < -0.3 is 16.2 Å². The number of amides is 1. The Hall–Kier alpha value is -1.75. The summed E-state index contributed by atoms with van der Waals surface area (Å²) in [7, 11) is 0. The third kappa shape index (κ3) is 3.09. The molecule has 5 heteroatoms. The molecule has 0 spiro atoms. The van der Waals surface area contributed by atoms with E-state index in [1.807, 2.05) is 26.8 Å². The van der Waals surface area contributed by atoms with Gasteiger partial charge in [0.2, 0.25) is 0 Å². The van der Waals surface area contributed by atoms with Gasteiger partial charge in [0.15, 0.2) is 0 Å². The Labute approximate surface area is 144 Å². The first-order chi connectivity index (χ1) is 11.2. The molecule has 0 aromatic heterocycles. The molecule has 1 saturated heterocycles. The Balaban J connectivity index is 1.69. The second-order valence-corrected chi connectivity index (χ2v) is 8.41. The van der Waals surface area contributed by atoms with Crippen molar-refractivity contribution in [2.45, 2.75) is 64.0 Å². The lowest BCUT2D eigenvalue weighted by Crippen LogP contribution is -2.67. The van der Waals surface area contributed by atoms with E-state index < -0.39 is 6.09 Å². The van der Waals surface area contributed by atoms with E-state index in [1.54, 1.807) is 0 Å². The molecule has 3 rings (SSSR count). The fourth-order valence-corrected chi connectivity index (χ4v) is 3.89. The minimum atomic E-state index is -0.712. The highest BCUT2D eigenvalue weighted by molar-refractivity contribution is 5.68. The third-order valence-electron chi connectivity index (χ3n) is 5.85. The van der Waals surface area contributed by atoms with Crippen LogP contribution in [-0.2, 0) is 0 Å². The maximum atomic E-state index is 11.9. The first kappa shape index (κ1) is 17.1. The number of nitrogens with two attached hydrogens (primary N) is 1. The van der Waals surface area contributed by atoms with Gasteiger partial charge in [-0.2, -0.15) is 4.79 Å². The SMILES string of the molecule is CC(C)(C)[N+]1(C(=O)O)CCC(Nc2cc(C3CC3)ccc2N)CC1. The number of benzene rings is 1. The summed E-state index contributed by atoms with van der Waals surface area (Å²) in [5.74, 6) is 0.703. The van der Waals surface area contributed by atoms with Crippen molar-refractivity contribution in [3.05, 3.63) is 23.8 Å². The molecule has 0 bridgehead atoms. The lowest BCUT2D eigenvalue weighted by molar-refractivity contribution is -0.907. The minimum Gasteiger partial charge on any atom is -0.435 e. The summed E-state index contributed by atoms with van der Waals surface area (Å²) in [5.41, 5.74) is 9.00. The van der Waals surface area contributed by atoms with Crippen molar-refractivity contribution < 1.29 is 14.4 Å². The Kier molecular flexibility index (Phi) is 4.24. The van der Waals surface area contributed by atoms with Crippen LogP contribution >= 0.6 is 0 Å². The minimum absolute atomic E-state index is 0.142. The van der Waals surface area contributed by atoms with Crippen LogP contribution in [0.3, 0.4) is 0 Å². The highest BCUT2D eigenvalue weighted by atomic mass is 16.4. The van der Waals surface area contributed by atoms with Gasteiger partial charge in [0, 0.05) is 18.9 Å². The van der Waals surface area contributed by atoms with Crippen LogP contribution < -0.4 is 11.1 Å². The van der Waals surface area contributed by atoms with Crippen molar-refractivity contribution in [3.63, 3.8) is 0 Å². The van der Waals surface area contributed by atoms with Crippen LogP contribution in [0.2, 0.25) is 0 Å². The number of nitrogens with one attached hydrogen (secondary N) is 1. The first-order valence-electron chi connectivity index (χ1n) is 8.99. The summed E-state index contributed by atoms with van der Waals surface area (Å²) in [4.78, 5) is 11.9. The van der Waals surface area contributed by atoms with Crippen molar-refractivity contribution in [1.29, 1.82) is 0 Å². The van der Waals surface area contributed by atoms with Gasteiger partial charge in [0.1, 0.15) is 5.54 Å². The summed E-state index contributed by atoms with van der Waals surface area (Å²) >= 11 is 0. The number of likely N-dealkylation sites (tertiary alicyclic amines) is 1. The molecule has 1 heterocycles. The van der Waals surface area contributed by atoms with Crippen LogP contribution in [-0.4, -0.2) is 40.4 Å². The maximum Gasteiger partial charge on any atom is 0.513 e. The molecule has 4 N–H and O–H groups in total. The molecule has 0 atom stereocenters. The fourth-order valence-electron chi connectivity index (χ4n) is 3.89. The number of nitrogen functional groups attached to an aromatic ring is 1. The number of carboxylic acid groups (broad SMARTS) is 1. The number of nitrogens with zero attached hydrogens (tertiary/aromatic N) is 1. The van der Waals surface area contributed by atoms with Gasteiger partial charge in [-0.1, -0.05) is 6.07 Å². The van der Waals surface area contributed by atoms with Crippen LogP contribution in [0.1, 0.15) is 57.9 Å². The summed E-state index contributed by atoms with van der Waals surface area (Å²) in [6.45, 7) is 7.36. The molecule has 5 nitrogen and oxygen atoms in total. The van der Waals surface area contributed by atoms with Gasteiger partial charge in [-0.3, -0.25) is 0 Å². The van der Waals surface area contributed by atoms with E-state index >= 15 is 0 Å². The zero-order valence-corrected chi connectivity index (χ0v) is 15.0. The molecule has 2 fully saturated rings. The molecule has 1 aromatic rings. The predicted octanol–water partition coefficient (Wildman–Crippen LogP) is 4.01. The molecule has 1 amide bonds. The Morgan fingerprint density at radius 1 is 1.21 bits per heavy atom. The molecule has 24 heavy (non-hydrogen) atoms. The number of piperidine rings is 1. The molecule has 0 radical (unpaired) electrons. The molecule has 2 aliphatic rings. The quantitative estimate of drug-likeness (QED) is 0.577. The smallest absolute Gasteiger partial charge is 0.435 e. The average Bonchev–Trinajstić information content (AvgIpc) is 3.33. The van der Waals surface area contributed by atoms with Crippen molar-refractivity contribution in [2.24, 2.45) is 0 Å². The van der Waals surface area contributed by atoms with Gasteiger partial charge in [-0.05, 0) is 57.2 Å². The van der Waals surface area contributed by atoms with Gasteiger partial charge >= 0.3 is 6.09 Å². The van der Waals surface area contributed by atoms with Gasteiger partial charge in [-0.15, -0.1) is 0 Å². The second kappa shape index (κ2) is 5.96. The number of hydrogen-bond donors (Lipinski definition) is 3. The molecule has 0 unspecified atom stereocenters. The van der Waals surface area contributed by atoms with Crippen molar-refractivity contribution >= 4 is 17.5 Å². The fraction of sp³-hybridized carbons (Fsp3) is 0.632. The molecule has 1 saturated carbocycles. The average molecular weight is 332 g/mol. The number of hydrogen-bond acceptors (Lipinski definition) is 3. The largest absolute Gasteiger partial charge is 0.513 e. The molecule has 132 valence electrons. The Bertz CT molecular complexity index is 624. The van der Waals surface area contributed by atoms with Crippen molar-refractivity contribution in [3.8, 4) is 0 Å². The number of anilines is 2. The van der Waals surface area contributed by atoms with E-state index in [2.05, 4.69) is 17.4 Å². The molecule has 1 aliphatic heterocycles. The van der Waals surface area contributed by atoms with E-state index in [0.717, 1.165) is 24.2 Å². The molecular weight excluding hydrogens is 302 g/mol. The predicted molar refractivity (Wildman–Crippen MR) is 97.2 cm³/mol. The summed E-state index contributed by atoms with van der Waals surface area (Å²) < 4.78 is 0.142. The van der Waals surface area contributed by atoms with Crippen molar-refractivity contribution in [2.75, 3.05) is 24.1 Å². The molecule has 1 aromatic carbocycles. The van der Waals surface area contributed by atoms with E-state index in [1.165, 1.54) is 18.4 Å². The van der Waals surface area contributed by atoms with Gasteiger partial charge in [0.25, 0.3) is 0 Å². The highest BCUT2D eigenvalue weighted by Crippen LogP contribution is 2.42. The Morgan fingerprint density at radius 3 is 2.33 bits per heavy atom. The number of carbonyl (C=O) groups is 1. The first-order valence-corrected chi connectivity index (χ1v) is 8.99. The highest BCUT2D eigenvalue weighted by Gasteiger charge is 2.49. The number of rotatable bonds is 3. The summed E-state index contributed by atoms with van der Waals surface area (Å²) in [6, 6.07) is 6.59. The van der Waals surface area contributed by atoms with Crippen LogP contribution in [0.15, 0.2) is 18.2 Å². The monoisotopic (exact) mass is 332 g/mol. The standard InChI is InChI=1S/C19H29N3O2/c1-19(2,3)22(18(23)24)10-8-15(9-11-22)21-17-12-14(13-4-5-13)6-7-16(17)20/h6-7,12-13,15,21H,4-5,8-11,20H2,1-3H3/p+1. The maximum absolute atomic E-state index is 11.9. The topological polar surface area (TPSA) is 75.3 Å². The van der Waals surface area contributed by atoms with Crippen LogP contribution in [0.4, 0.5) is 16.2 Å². The lowest BCUT2D eigenvalue weighted by atomic mass is 9.93. The number of quaternary nitrogens is 1. The third-order valence-corrected chi connectivity index (χ3v) is 5.85. The molecular formula is C19H30N3O2+. The van der Waals surface area contributed by atoms with E-state index in [9.17, 15) is 9.90 Å². The lowest BCUT2D eigenvalue weighted by Gasteiger charge is -2.47. The summed E-state index contributed by atoms with van der Waals surface area (Å²) in [5, 5.41) is 13.4. The zero-order chi connectivity index (χ0) is 17.5. The van der Waals surface area contributed by atoms with Gasteiger partial charge in [-0.25, -0.2) is 4.48 Å². The van der Waals surface area contributed by atoms with Crippen LogP contribution in [0, 0.1) is 0 Å². The second-order valence-electron chi connectivity index (χ2n) is 8.41. The van der Waals surface area contributed by atoms with Crippen LogP contribution in [0.5, 0.6) is 0 Å².